The summed E-state index contributed by atoms with van der Waals surface area (Å²) in [4.78, 5) is 39.0. The summed E-state index contributed by atoms with van der Waals surface area (Å²) in [7, 11) is 0. The highest BCUT2D eigenvalue weighted by Gasteiger charge is 2.23. The van der Waals surface area contributed by atoms with Crippen LogP contribution < -0.4 is 15.5 Å². The molecule has 8 heteroatoms. The van der Waals surface area contributed by atoms with Crippen LogP contribution >= 0.6 is 23.4 Å². The first-order valence-corrected chi connectivity index (χ1v) is 12.0. The molecule has 0 aliphatic carbocycles. The van der Waals surface area contributed by atoms with E-state index in [-0.39, 0.29) is 17.7 Å². The van der Waals surface area contributed by atoms with E-state index in [1.54, 1.807) is 40.9 Å². The molecule has 1 aliphatic rings. The van der Waals surface area contributed by atoms with Crippen molar-refractivity contribution in [2.24, 2.45) is 0 Å². The number of amides is 3. The Morgan fingerprint density at radius 2 is 1.90 bits per heavy atom. The fraction of sp³-hybridized carbons (Fsp3) is 0.348. The first-order valence-electron chi connectivity index (χ1n) is 10.2. The van der Waals surface area contributed by atoms with E-state index in [2.05, 4.69) is 10.6 Å². The van der Waals surface area contributed by atoms with Gasteiger partial charge in [-0.2, -0.15) is 11.8 Å². The molecule has 0 radical (unpaired) electrons. The monoisotopic (exact) mass is 459 g/mol. The maximum atomic E-state index is 12.8. The Kier molecular flexibility index (Phi) is 8.37. The molecule has 3 rings (SSSR count). The van der Waals surface area contributed by atoms with Gasteiger partial charge in [0.25, 0.3) is 5.91 Å². The van der Waals surface area contributed by atoms with Gasteiger partial charge in [-0.25, -0.2) is 0 Å². The van der Waals surface area contributed by atoms with Crippen molar-refractivity contribution in [3.8, 4) is 0 Å². The van der Waals surface area contributed by atoms with Crippen LogP contribution in [0.25, 0.3) is 0 Å². The van der Waals surface area contributed by atoms with Crippen molar-refractivity contribution < 1.29 is 14.4 Å². The average molecular weight is 460 g/mol. The highest BCUT2D eigenvalue weighted by Crippen LogP contribution is 2.21. The van der Waals surface area contributed by atoms with Crippen LogP contribution in [0.3, 0.4) is 0 Å². The van der Waals surface area contributed by atoms with E-state index in [0.29, 0.717) is 30.0 Å². The number of carbonyl (C=O) groups is 3. The Morgan fingerprint density at radius 1 is 1.16 bits per heavy atom. The van der Waals surface area contributed by atoms with Gasteiger partial charge in [0.05, 0.1) is 10.6 Å². The number of anilines is 1. The molecule has 2 aromatic carbocycles. The van der Waals surface area contributed by atoms with E-state index in [1.165, 1.54) is 0 Å². The summed E-state index contributed by atoms with van der Waals surface area (Å²) in [6.07, 6.45) is 3.94. The van der Waals surface area contributed by atoms with Crippen LogP contribution in [0.1, 0.15) is 35.2 Å². The van der Waals surface area contributed by atoms with Crippen LogP contribution in [0.2, 0.25) is 5.02 Å². The third-order valence-corrected chi connectivity index (χ3v) is 6.11. The van der Waals surface area contributed by atoms with Gasteiger partial charge in [-0.1, -0.05) is 35.9 Å². The van der Waals surface area contributed by atoms with Crippen molar-refractivity contribution in [3.05, 3.63) is 64.7 Å². The molecule has 1 heterocycles. The second kappa shape index (κ2) is 11.2. The fourth-order valence-corrected chi connectivity index (χ4v) is 4.11. The maximum Gasteiger partial charge on any atom is 0.253 e. The van der Waals surface area contributed by atoms with E-state index < -0.39 is 6.04 Å². The molecule has 1 aliphatic heterocycles. The number of halogens is 1. The summed E-state index contributed by atoms with van der Waals surface area (Å²) in [5.41, 5.74) is 2.14. The van der Waals surface area contributed by atoms with E-state index in [9.17, 15) is 14.4 Å². The molecule has 6 nitrogen and oxygen atoms in total. The third-order valence-electron chi connectivity index (χ3n) is 5.14. The van der Waals surface area contributed by atoms with Crippen molar-refractivity contribution >= 4 is 46.8 Å². The predicted molar refractivity (Wildman–Crippen MR) is 126 cm³/mol. The zero-order valence-electron chi connectivity index (χ0n) is 17.4. The zero-order valence-corrected chi connectivity index (χ0v) is 19.0. The lowest BCUT2D eigenvalue weighted by molar-refractivity contribution is -0.123. The van der Waals surface area contributed by atoms with Crippen LogP contribution in [0, 0.1) is 0 Å². The summed E-state index contributed by atoms with van der Waals surface area (Å²) in [6, 6.07) is 13.7. The second-order valence-electron chi connectivity index (χ2n) is 7.32. The fourth-order valence-electron chi connectivity index (χ4n) is 3.41. The number of thioether (sulfide) groups is 1. The third kappa shape index (κ3) is 6.24. The Balaban J connectivity index is 1.59. The quantitative estimate of drug-likeness (QED) is 0.600. The molecule has 164 valence electrons. The van der Waals surface area contributed by atoms with Crippen LogP contribution in [0.15, 0.2) is 48.5 Å². The Labute approximate surface area is 191 Å². The number of nitrogens with one attached hydrogen (secondary N) is 2. The molecule has 2 aromatic rings. The zero-order chi connectivity index (χ0) is 22.2. The minimum absolute atomic E-state index is 0.145. The van der Waals surface area contributed by atoms with E-state index in [0.717, 1.165) is 30.0 Å². The van der Waals surface area contributed by atoms with Gasteiger partial charge >= 0.3 is 0 Å². The van der Waals surface area contributed by atoms with Crippen LogP contribution in [0.5, 0.6) is 0 Å². The number of carbonyl (C=O) groups excluding carboxylic acids is 3. The summed E-state index contributed by atoms with van der Waals surface area (Å²) in [5, 5.41) is 6.05. The molecule has 1 saturated heterocycles. The summed E-state index contributed by atoms with van der Waals surface area (Å²) >= 11 is 7.72. The lowest BCUT2D eigenvalue weighted by atomic mass is 10.1. The average Bonchev–Trinajstić information content (AvgIpc) is 3.21. The standard InChI is InChI=1S/C23H26ClN3O3S/c1-31-14-12-20(26-22(29)18-5-2-3-6-19(18)24)23(30)25-15-16-8-10-17(11-9-16)27-13-4-7-21(27)28/h2-3,5-6,8-11,20H,4,7,12-15H2,1H3,(H,25,30)(H,26,29). The molecular formula is C23H26ClN3O3S. The molecule has 0 saturated carbocycles. The normalized spacial score (nSPS) is 14.4. The van der Waals surface area contributed by atoms with Crippen molar-refractivity contribution in [1.82, 2.24) is 10.6 Å². The summed E-state index contributed by atoms with van der Waals surface area (Å²) in [6.45, 7) is 1.09. The predicted octanol–water partition coefficient (Wildman–Crippen LogP) is 3.63. The number of benzene rings is 2. The van der Waals surface area contributed by atoms with Gasteiger partial charge in [0.2, 0.25) is 11.8 Å². The topological polar surface area (TPSA) is 78.5 Å². The van der Waals surface area contributed by atoms with Crippen molar-refractivity contribution in [2.75, 3.05) is 23.5 Å². The largest absolute Gasteiger partial charge is 0.350 e. The molecule has 1 unspecified atom stereocenters. The molecule has 2 N–H and O–H groups in total. The second-order valence-corrected chi connectivity index (χ2v) is 8.71. The van der Waals surface area contributed by atoms with Crippen molar-refractivity contribution in [3.63, 3.8) is 0 Å². The summed E-state index contributed by atoms with van der Waals surface area (Å²) < 4.78 is 0. The molecule has 0 spiro atoms. The van der Waals surface area contributed by atoms with E-state index in [4.69, 9.17) is 11.6 Å². The van der Waals surface area contributed by atoms with Gasteiger partial charge in [-0.15, -0.1) is 0 Å². The minimum Gasteiger partial charge on any atom is -0.350 e. The molecule has 0 aromatic heterocycles. The molecule has 31 heavy (non-hydrogen) atoms. The van der Waals surface area contributed by atoms with Gasteiger partial charge in [-0.05, 0) is 54.7 Å². The van der Waals surface area contributed by atoms with Crippen LogP contribution in [-0.2, 0) is 16.1 Å². The molecule has 1 fully saturated rings. The number of nitrogens with zero attached hydrogens (tertiary/aromatic N) is 1. The first kappa shape index (κ1) is 23.2. The van der Waals surface area contributed by atoms with E-state index in [1.807, 2.05) is 30.5 Å². The summed E-state index contributed by atoms with van der Waals surface area (Å²) in [5.74, 6) is 0.270. The van der Waals surface area contributed by atoms with Crippen molar-refractivity contribution in [2.45, 2.75) is 31.8 Å². The Hall–Kier alpha value is -2.51. The molecular weight excluding hydrogens is 434 g/mol. The lowest BCUT2D eigenvalue weighted by Gasteiger charge is -2.19. The van der Waals surface area contributed by atoms with Gasteiger partial charge in [0.15, 0.2) is 0 Å². The molecule has 1 atom stereocenters. The first-order chi connectivity index (χ1) is 15.0. The Bertz CT molecular complexity index is 936. The molecule has 3 amide bonds. The number of rotatable bonds is 9. The number of hydrogen-bond acceptors (Lipinski definition) is 4. The van der Waals surface area contributed by atoms with Crippen LogP contribution in [-0.4, -0.2) is 42.3 Å². The highest BCUT2D eigenvalue weighted by atomic mass is 35.5. The van der Waals surface area contributed by atoms with Crippen LogP contribution in [0.4, 0.5) is 5.69 Å². The Morgan fingerprint density at radius 3 is 2.55 bits per heavy atom. The van der Waals surface area contributed by atoms with Gasteiger partial charge < -0.3 is 15.5 Å². The van der Waals surface area contributed by atoms with E-state index >= 15 is 0 Å². The van der Waals surface area contributed by atoms with Gasteiger partial charge in [-0.3, -0.25) is 14.4 Å². The number of hydrogen-bond donors (Lipinski definition) is 2. The lowest BCUT2D eigenvalue weighted by Crippen LogP contribution is -2.47. The van der Waals surface area contributed by atoms with Gasteiger partial charge in [0, 0.05) is 25.2 Å². The smallest absolute Gasteiger partial charge is 0.253 e. The highest BCUT2D eigenvalue weighted by molar-refractivity contribution is 7.98. The van der Waals surface area contributed by atoms with Crippen molar-refractivity contribution in [1.29, 1.82) is 0 Å². The minimum atomic E-state index is -0.655. The maximum absolute atomic E-state index is 12.8. The van der Waals surface area contributed by atoms with Gasteiger partial charge in [0.1, 0.15) is 6.04 Å². The molecule has 0 bridgehead atoms. The SMILES string of the molecule is CSCCC(NC(=O)c1ccccc1Cl)C(=O)NCc1ccc(N2CCCC2=O)cc1.